The SMILES string of the molecule is NCCS(=O)(=O)N1CCc2cc(Cl)ccc21. The molecule has 0 saturated carbocycles. The van der Waals surface area contributed by atoms with Crippen LogP contribution >= 0.6 is 11.6 Å². The van der Waals surface area contributed by atoms with Crippen LogP contribution in [0.25, 0.3) is 0 Å². The van der Waals surface area contributed by atoms with E-state index in [9.17, 15) is 8.42 Å². The van der Waals surface area contributed by atoms with E-state index < -0.39 is 10.0 Å². The van der Waals surface area contributed by atoms with Crippen LogP contribution in [-0.2, 0) is 16.4 Å². The third-order valence-corrected chi connectivity index (χ3v) is 4.64. The van der Waals surface area contributed by atoms with E-state index in [0.29, 0.717) is 18.0 Å². The highest BCUT2D eigenvalue weighted by Crippen LogP contribution is 2.32. The Bertz CT molecular complexity index is 502. The average Bonchev–Trinajstić information content (AvgIpc) is 2.60. The molecule has 0 spiro atoms. The van der Waals surface area contributed by atoms with Gasteiger partial charge in [0.15, 0.2) is 0 Å². The van der Waals surface area contributed by atoms with E-state index in [1.165, 1.54) is 4.31 Å². The minimum Gasteiger partial charge on any atom is -0.329 e. The molecule has 0 unspecified atom stereocenters. The van der Waals surface area contributed by atoms with Gasteiger partial charge in [0, 0.05) is 18.1 Å². The molecule has 1 aliphatic heterocycles. The van der Waals surface area contributed by atoms with Gasteiger partial charge >= 0.3 is 0 Å². The van der Waals surface area contributed by atoms with Gasteiger partial charge in [-0.1, -0.05) is 11.6 Å². The monoisotopic (exact) mass is 260 g/mol. The van der Waals surface area contributed by atoms with E-state index in [4.69, 9.17) is 17.3 Å². The summed E-state index contributed by atoms with van der Waals surface area (Å²) in [7, 11) is -3.27. The van der Waals surface area contributed by atoms with Gasteiger partial charge < -0.3 is 5.73 Å². The summed E-state index contributed by atoms with van der Waals surface area (Å²) in [4.78, 5) is 0. The maximum Gasteiger partial charge on any atom is 0.236 e. The number of fused-ring (bicyclic) bond motifs is 1. The Morgan fingerprint density at radius 1 is 1.44 bits per heavy atom. The van der Waals surface area contributed by atoms with Crippen LogP contribution in [0.2, 0.25) is 5.02 Å². The van der Waals surface area contributed by atoms with Crippen LogP contribution in [0.1, 0.15) is 5.56 Å². The van der Waals surface area contributed by atoms with E-state index >= 15 is 0 Å². The predicted octanol–water partition coefficient (Wildman–Crippen LogP) is 0.991. The molecule has 1 aromatic carbocycles. The van der Waals surface area contributed by atoms with Gasteiger partial charge in [-0.15, -0.1) is 0 Å². The summed E-state index contributed by atoms with van der Waals surface area (Å²) >= 11 is 5.86. The highest BCUT2D eigenvalue weighted by molar-refractivity contribution is 7.92. The number of halogens is 1. The number of nitrogens with two attached hydrogens (primary N) is 1. The standard InChI is InChI=1S/C10H13ClN2O2S/c11-9-1-2-10-8(7-9)3-5-13(10)16(14,15)6-4-12/h1-2,7H,3-6,12H2. The third-order valence-electron chi connectivity index (χ3n) is 2.61. The first-order valence-corrected chi connectivity index (χ1v) is 7.02. The summed E-state index contributed by atoms with van der Waals surface area (Å²) in [6.07, 6.45) is 0.708. The minimum atomic E-state index is -3.27. The average molecular weight is 261 g/mol. The van der Waals surface area contributed by atoms with Crippen molar-refractivity contribution in [2.24, 2.45) is 5.73 Å². The molecule has 0 bridgehead atoms. The van der Waals surface area contributed by atoms with Gasteiger partial charge in [-0.05, 0) is 30.2 Å². The Morgan fingerprint density at radius 3 is 2.88 bits per heavy atom. The second-order valence-corrected chi connectivity index (χ2v) is 6.15. The molecule has 4 nitrogen and oxygen atoms in total. The molecule has 0 aliphatic carbocycles. The summed E-state index contributed by atoms with van der Waals surface area (Å²) in [6, 6.07) is 5.27. The molecule has 0 radical (unpaired) electrons. The zero-order valence-corrected chi connectivity index (χ0v) is 10.3. The smallest absolute Gasteiger partial charge is 0.236 e. The van der Waals surface area contributed by atoms with Gasteiger partial charge in [-0.3, -0.25) is 4.31 Å². The molecule has 2 rings (SSSR count). The van der Waals surface area contributed by atoms with Crippen LogP contribution in [-0.4, -0.2) is 27.3 Å². The molecule has 1 aromatic rings. The number of sulfonamides is 1. The van der Waals surface area contributed by atoms with Crippen molar-refractivity contribution in [3.63, 3.8) is 0 Å². The lowest BCUT2D eigenvalue weighted by Gasteiger charge is -2.18. The zero-order valence-electron chi connectivity index (χ0n) is 8.69. The number of anilines is 1. The number of benzene rings is 1. The van der Waals surface area contributed by atoms with Crippen molar-refractivity contribution in [3.05, 3.63) is 28.8 Å². The highest BCUT2D eigenvalue weighted by atomic mass is 35.5. The largest absolute Gasteiger partial charge is 0.329 e. The second kappa shape index (κ2) is 4.24. The Kier molecular flexibility index (Phi) is 3.10. The van der Waals surface area contributed by atoms with Gasteiger partial charge in [0.05, 0.1) is 11.4 Å². The maximum absolute atomic E-state index is 11.9. The first-order valence-electron chi connectivity index (χ1n) is 5.03. The van der Waals surface area contributed by atoms with Crippen LogP contribution in [0.4, 0.5) is 5.69 Å². The lowest BCUT2D eigenvalue weighted by molar-refractivity contribution is 0.592. The van der Waals surface area contributed by atoms with Crippen LogP contribution in [0.5, 0.6) is 0 Å². The highest BCUT2D eigenvalue weighted by Gasteiger charge is 2.28. The van der Waals surface area contributed by atoms with E-state index in [1.54, 1.807) is 12.1 Å². The second-order valence-electron chi connectivity index (χ2n) is 3.70. The van der Waals surface area contributed by atoms with Crippen molar-refractivity contribution in [2.45, 2.75) is 6.42 Å². The van der Waals surface area contributed by atoms with Gasteiger partial charge in [0.2, 0.25) is 10.0 Å². The molecule has 1 heterocycles. The predicted molar refractivity (Wildman–Crippen MR) is 65.3 cm³/mol. The van der Waals surface area contributed by atoms with E-state index in [1.807, 2.05) is 6.07 Å². The Hall–Kier alpha value is -0.780. The molecule has 2 N–H and O–H groups in total. The fourth-order valence-corrected chi connectivity index (χ4v) is 3.45. The molecule has 1 aliphatic rings. The van der Waals surface area contributed by atoms with Crippen LogP contribution in [0.3, 0.4) is 0 Å². The molecule has 0 aromatic heterocycles. The van der Waals surface area contributed by atoms with Gasteiger partial charge in [0.25, 0.3) is 0 Å². The molecule has 6 heteroatoms. The molecule has 88 valence electrons. The Balaban J connectivity index is 2.37. The van der Waals surface area contributed by atoms with E-state index in [-0.39, 0.29) is 12.3 Å². The molecule has 0 amide bonds. The summed E-state index contributed by atoms with van der Waals surface area (Å²) in [5.41, 5.74) is 7.01. The van der Waals surface area contributed by atoms with Crippen molar-refractivity contribution in [2.75, 3.05) is 23.1 Å². The maximum atomic E-state index is 11.9. The zero-order chi connectivity index (χ0) is 11.8. The molecule has 16 heavy (non-hydrogen) atoms. The lowest BCUT2D eigenvalue weighted by atomic mass is 10.2. The molecule has 0 atom stereocenters. The number of hydrogen-bond donors (Lipinski definition) is 1. The topological polar surface area (TPSA) is 63.4 Å². The van der Waals surface area contributed by atoms with Crippen molar-refractivity contribution in [1.29, 1.82) is 0 Å². The normalized spacial score (nSPS) is 15.2. The molecule has 0 fully saturated rings. The Morgan fingerprint density at radius 2 is 2.19 bits per heavy atom. The summed E-state index contributed by atoms with van der Waals surface area (Å²) in [5, 5.41) is 0.636. The molecular formula is C10H13ClN2O2S. The first kappa shape index (κ1) is 11.7. The van der Waals surface area contributed by atoms with E-state index in [0.717, 1.165) is 11.3 Å². The number of rotatable bonds is 3. The summed E-state index contributed by atoms with van der Waals surface area (Å²) < 4.78 is 25.2. The van der Waals surface area contributed by atoms with Gasteiger partial charge in [-0.25, -0.2) is 8.42 Å². The quantitative estimate of drug-likeness (QED) is 0.882. The fraction of sp³-hybridized carbons (Fsp3) is 0.400. The van der Waals surface area contributed by atoms with Gasteiger partial charge in [0.1, 0.15) is 0 Å². The minimum absolute atomic E-state index is 0.0188. The third kappa shape index (κ3) is 2.03. The molecular weight excluding hydrogens is 248 g/mol. The van der Waals surface area contributed by atoms with Crippen LogP contribution in [0.15, 0.2) is 18.2 Å². The van der Waals surface area contributed by atoms with Crippen molar-refractivity contribution < 1.29 is 8.42 Å². The summed E-state index contributed by atoms with van der Waals surface area (Å²) in [6.45, 7) is 0.625. The molecule has 0 saturated heterocycles. The van der Waals surface area contributed by atoms with Crippen molar-refractivity contribution in [1.82, 2.24) is 0 Å². The first-order chi connectivity index (χ1) is 7.54. The van der Waals surface area contributed by atoms with Crippen molar-refractivity contribution >= 4 is 27.3 Å². The fourth-order valence-electron chi connectivity index (χ4n) is 1.89. The van der Waals surface area contributed by atoms with Gasteiger partial charge in [-0.2, -0.15) is 0 Å². The summed E-state index contributed by atoms with van der Waals surface area (Å²) in [5.74, 6) is -0.0188. The van der Waals surface area contributed by atoms with E-state index in [2.05, 4.69) is 0 Å². The lowest BCUT2D eigenvalue weighted by Crippen LogP contribution is -2.33. The van der Waals surface area contributed by atoms with Crippen LogP contribution in [0, 0.1) is 0 Å². The number of hydrogen-bond acceptors (Lipinski definition) is 3. The Labute approximate surface area is 100 Å². The van der Waals surface area contributed by atoms with Crippen molar-refractivity contribution in [3.8, 4) is 0 Å². The number of nitrogens with zero attached hydrogens (tertiary/aromatic N) is 1. The van der Waals surface area contributed by atoms with Crippen LogP contribution < -0.4 is 10.0 Å².